The Morgan fingerprint density at radius 1 is 1.35 bits per heavy atom. The molecule has 0 bridgehead atoms. The van der Waals surface area contributed by atoms with E-state index in [9.17, 15) is 13.2 Å². The van der Waals surface area contributed by atoms with E-state index in [2.05, 4.69) is 0 Å². The highest BCUT2D eigenvalue weighted by molar-refractivity contribution is 7.86. The zero-order valence-corrected chi connectivity index (χ0v) is 13.1. The molecule has 20 heavy (non-hydrogen) atoms. The van der Waals surface area contributed by atoms with Crippen LogP contribution in [0.25, 0.3) is 0 Å². The van der Waals surface area contributed by atoms with Crippen molar-refractivity contribution in [3.8, 4) is 5.75 Å². The maximum absolute atomic E-state index is 11.7. The van der Waals surface area contributed by atoms with Crippen molar-refractivity contribution >= 4 is 16.0 Å². The van der Waals surface area contributed by atoms with Crippen LogP contribution in [0.5, 0.6) is 5.75 Å². The Kier molecular flexibility index (Phi) is 5.56. The third kappa shape index (κ3) is 4.85. The number of hydrogen-bond donors (Lipinski definition) is 0. The van der Waals surface area contributed by atoms with Gasteiger partial charge >= 0.3 is 10.1 Å². The highest BCUT2D eigenvalue weighted by Crippen LogP contribution is 2.22. The van der Waals surface area contributed by atoms with Crippen molar-refractivity contribution < 1.29 is 17.4 Å². The number of rotatable bonds is 6. The summed E-state index contributed by atoms with van der Waals surface area (Å²) in [5, 5.41) is 0. The summed E-state index contributed by atoms with van der Waals surface area (Å²) in [5.74, 6) is 0.220. The maximum Gasteiger partial charge on any atom is 0.306 e. The summed E-state index contributed by atoms with van der Waals surface area (Å²) >= 11 is 0. The molecule has 1 atom stereocenters. The molecular formula is C14H21NO4S. The van der Waals surface area contributed by atoms with Gasteiger partial charge in [0.25, 0.3) is 0 Å². The van der Waals surface area contributed by atoms with Crippen LogP contribution >= 0.6 is 0 Å². The molecule has 0 radical (unpaired) electrons. The maximum atomic E-state index is 11.7. The first-order chi connectivity index (χ1) is 9.24. The van der Waals surface area contributed by atoms with E-state index >= 15 is 0 Å². The number of carbonyl (C=O) groups is 1. The molecule has 1 amide bonds. The van der Waals surface area contributed by atoms with Crippen LogP contribution < -0.4 is 4.18 Å². The lowest BCUT2D eigenvalue weighted by molar-refractivity contribution is -0.131. The van der Waals surface area contributed by atoms with Gasteiger partial charge in [-0.2, -0.15) is 8.42 Å². The molecule has 1 rings (SSSR count). The Labute approximate surface area is 120 Å². The van der Waals surface area contributed by atoms with E-state index in [0.717, 1.165) is 12.7 Å². The average molecular weight is 299 g/mol. The van der Waals surface area contributed by atoms with Gasteiger partial charge in [0, 0.05) is 25.1 Å². The van der Waals surface area contributed by atoms with Crippen LogP contribution in [-0.4, -0.2) is 31.5 Å². The monoisotopic (exact) mass is 299 g/mol. The van der Waals surface area contributed by atoms with Gasteiger partial charge in [-0.25, -0.2) is 0 Å². The topological polar surface area (TPSA) is 63.7 Å². The molecule has 1 aromatic carbocycles. The lowest BCUT2D eigenvalue weighted by Gasteiger charge is -2.28. The van der Waals surface area contributed by atoms with E-state index in [-0.39, 0.29) is 17.7 Å². The van der Waals surface area contributed by atoms with E-state index in [4.69, 9.17) is 4.18 Å². The van der Waals surface area contributed by atoms with Gasteiger partial charge < -0.3 is 9.08 Å². The molecule has 0 spiro atoms. The largest absolute Gasteiger partial charge is 0.382 e. The van der Waals surface area contributed by atoms with Gasteiger partial charge in [-0.1, -0.05) is 25.1 Å². The van der Waals surface area contributed by atoms with Crippen molar-refractivity contribution in [3.05, 3.63) is 29.8 Å². The third-order valence-corrected chi connectivity index (χ3v) is 3.56. The van der Waals surface area contributed by atoms with Gasteiger partial charge in [-0.15, -0.1) is 0 Å². The molecule has 0 heterocycles. The molecule has 0 saturated carbocycles. The van der Waals surface area contributed by atoms with Gasteiger partial charge in [-0.05, 0) is 19.4 Å². The Bertz CT molecular complexity index is 568. The van der Waals surface area contributed by atoms with Crippen LogP contribution in [0, 0.1) is 0 Å². The first kappa shape index (κ1) is 16.5. The number of amides is 1. The first-order valence-electron chi connectivity index (χ1n) is 6.49. The highest BCUT2D eigenvalue weighted by Gasteiger charge is 2.18. The lowest BCUT2D eigenvalue weighted by Crippen LogP contribution is -2.36. The normalized spacial score (nSPS) is 12.8. The smallest absolute Gasteiger partial charge is 0.306 e. The Hall–Kier alpha value is -1.56. The molecule has 0 saturated heterocycles. The highest BCUT2D eigenvalue weighted by atomic mass is 32.2. The molecule has 0 aliphatic carbocycles. The summed E-state index contributed by atoms with van der Waals surface area (Å²) in [5.41, 5.74) is 0.674. The molecule has 112 valence electrons. The predicted octanol–water partition coefficient (Wildman–Crippen LogP) is 2.17. The van der Waals surface area contributed by atoms with Crippen LogP contribution in [0.2, 0.25) is 0 Å². The van der Waals surface area contributed by atoms with E-state index in [1.165, 1.54) is 6.92 Å². The zero-order valence-electron chi connectivity index (χ0n) is 12.3. The zero-order chi connectivity index (χ0) is 15.3. The van der Waals surface area contributed by atoms with Gasteiger partial charge in [0.05, 0.1) is 6.26 Å². The van der Waals surface area contributed by atoms with Crippen LogP contribution in [0.1, 0.15) is 32.8 Å². The Balaban J connectivity index is 3.04. The van der Waals surface area contributed by atoms with E-state index in [1.807, 2.05) is 13.8 Å². The average Bonchev–Trinajstić information content (AvgIpc) is 2.34. The minimum atomic E-state index is -3.58. The van der Waals surface area contributed by atoms with Crippen molar-refractivity contribution in [3.63, 3.8) is 0 Å². The quantitative estimate of drug-likeness (QED) is 0.755. The summed E-state index contributed by atoms with van der Waals surface area (Å²) in [7, 11) is -3.58. The van der Waals surface area contributed by atoms with Crippen molar-refractivity contribution in [2.75, 3.05) is 6.26 Å². The summed E-state index contributed by atoms with van der Waals surface area (Å²) < 4.78 is 27.5. The second-order valence-electron chi connectivity index (χ2n) is 4.80. The Morgan fingerprint density at radius 3 is 2.45 bits per heavy atom. The third-order valence-electron chi connectivity index (χ3n) is 3.08. The second-order valence-corrected chi connectivity index (χ2v) is 6.37. The summed E-state index contributed by atoms with van der Waals surface area (Å²) in [6.45, 7) is 5.79. The molecule has 0 unspecified atom stereocenters. The predicted molar refractivity (Wildman–Crippen MR) is 77.9 cm³/mol. The molecule has 1 aromatic rings. The minimum absolute atomic E-state index is 0.0477. The van der Waals surface area contributed by atoms with E-state index in [1.54, 1.807) is 29.2 Å². The fourth-order valence-electron chi connectivity index (χ4n) is 1.86. The molecule has 5 nitrogen and oxygen atoms in total. The fourth-order valence-corrected chi connectivity index (χ4v) is 2.35. The van der Waals surface area contributed by atoms with Crippen LogP contribution in [-0.2, 0) is 21.5 Å². The van der Waals surface area contributed by atoms with Crippen molar-refractivity contribution in [2.45, 2.75) is 39.8 Å². The Morgan fingerprint density at radius 2 is 1.95 bits per heavy atom. The van der Waals surface area contributed by atoms with Crippen LogP contribution in [0.4, 0.5) is 0 Å². The summed E-state index contributed by atoms with van der Waals surface area (Å²) in [4.78, 5) is 13.4. The van der Waals surface area contributed by atoms with Gasteiger partial charge in [0.2, 0.25) is 5.91 Å². The SMILES string of the molecule is CC[C@@H](C)N(Cc1ccccc1OS(C)(=O)=O)C(C)=O. The molecule has 0 aromatic heterocycles. The molecular weight excluding hydrogens is 278 g/mol. The summed E-state index contributed by atoms with van der Waals surface area (Å²) in [6.07, 6.45) is 1.83. The molecule has 0 aliphatic heterocycles. The van der Waals surface area contributed by atoms with Crippen molar-refractivity contribution in [1.82, 2.24) is 4.90 Å². The summed E-state index contributed by atoms with van der Waals surface area (Å²) in [6, 6.07) is 6.92. The molecule has 6 heteroatoms. The number of para-hydroxylation sites is 1. The van der Waals surface area contributed by atoms with Crippen molar-refractivity contribution in [1.29, 1.82) is 0 Å². The lowest BCUT2D eigenvalue weighted by atomic mass is 10.1. The first-order valence-corrected chi connectivity index (χ1v) is 8.30. The van der Waals surface area contributed by atoms with Crippen LogP contribution in [0.3, 0.4) is 0 Å². The van der Waals surface area contributed by atoms with Gasteiger partial charge in [0.15, 0.2) is 0 Å². The number of nitrogens with zero attached hydrogens (tertiary/aromatic N) is 1. The van der Waals surface area contributed by atoms with E-state index < -0.39 is 10.1 Å². The molecule has 0 aliphatic rings. The number of benzene rings is 1. The molecule has 0 fully saturated rings. The second kappa shape index (κ2) is 6.74. The van der Waals surface area contributed by atoms with Gasteiger partial charge in [-0.3, -0.25) is 4.79 Å². The van der Waals surface area contributed by atoms with Gasteiger partial charge in [0.1, 0.15) is 5.75 Å². The standard InChI is InChI=1S/C14H21NO4S/c1-5-11(2)15(12(3)16)10-13-8-6-7-9-14(13)19-20(4,17)18/h6-9,11H,5,10H2,1-4H3/t11-/m1/s1. The fraction of sp³-hybridized carbons (Fsp3) is 0.500. The molecule has 0 N–H and O–H groups in total. The van der Waals surface area contributed by atoms with E-state index in [0.29, 0.717) is 12.1 Å². The number of hydrogen-bond acceptors (Lipinski definition) is 4. The number of carbonyl (C=O) groups excluding carboxylic acids is 1. The minimum Gasteiger partial charge on any atom is -0.382 e. The van der Waals surface area contributed by atoms with Crippen LogP contribution in [0.15, 0.2) is 24.3 Å². The van der Waals surface area contributed by atoms with Crippen molar-refractivity contribution in [2.24, 2.45) is 0 Å².